The molecule has 0 saturated carbocycles. The number of nitrogens with one attached hydrogen (secondary N) is 2. The standard InChI is InChI=1S/C12H16F2N2S/c1-2-3-6-15-12(17)16-8-9-4-5-10(13)7-11(9)14/h4-5,7H,2-3,6,8H2,1H3,(H2,15,16,17). The Morgan fingerprint density at radius 1 is 1.29 bits per heavy atom. The van der Waals surface area contributed by atoms with Crippen LogP contribution in [0.2, 0.25) is 0 Å². The van der Waals surface area contributed by atoms with E-state index in [9.17, 15) is 8.78 Å². The van der Waals surface area contributed by atoms with E-state index in [1.807, 2.05) is 0 Å². The molecular formula is C12H16F2N2S. The minimum absolute atomic E-state index is 0.254. The van der Waals surface area contributed by atoms with Crippen molar-refractivity contribution in [1.82, 2.24) is 10.6 Å². The summed E-state index contributed by atoms with van der Waals surface area (Å²) in [4.78, 5) is 0. The molecule has 0 heterocycles. The Morgan fingerprint density at radius 2 is 2.06 bits per heavy atom. The Kier molecular flexibility index (Phi) is 5.83. The quantitative estimate of drug-likeness (QED) is 0.627. The molecule has 0 aromatic heterocycles. The highest BCUT2D eigenvalue weighted by Gasteiger charge is 2.03. The molecule has 0 amide bonds. The van der Waals surface area contributed by atoms with Gasteiger partial charge in [-0.25, -0.2) is 8.78 Å². The maximum Gasteiger partial charge on any atom is 0.166 e. The first-order valence-electron chi connectivity index (χ1n) is 5.59. The maximum atomic E-state index is 13.3. The van der Waals surface area contributed by atoms with Crippen LogP contribution < -0.4 is 10.6 Å². The van der Waals surface area contributed by atoms with Crippen molar-refractivity contribution in [2.45, 2.75) is 26.3 Å². The summed E-state index contributed by atoms with van der Waals surface area (Å²) >= 11 is 5.02. The molecule has 0 radical (unpaired) electrons. The number of unbranched alkanes of at least 4 members (excludes halogenated alkanes) is 1. The van der Waals surface area contributed by atoms with Crippen molar-refractivity contribution in [2.24, 2.45) is 0 Å². The second-order valence-corrected chi connectivity index (χ2v) is 4.11. The highest BCUT2D eigenvalue weighted by molar-refractivity contribution is 7.80. The molecule has 17 heavy (non-hydrogen) atoms. The monoisotopic (exact) mass is 258 g/mol. The highest BCUT2D eigenvalue weighted by Crippen LogP contribution is 2.08. The van der Waals surface area contributed by atoms with E-state index in [0.29, 0.717) is 10.7 Å². The number of hydrogen-bond donors (Lipinski definition) is 2. The van der Waals surface area contributed by atoms with Crippen LogP contribution in [0.1, 0.15) is 25.3 Å². The summed E-state index contributed by atoms with van der Waals surface area (Å²) in [7, 11) is 0. The van der Waals surface area contributed by atoms with Gasteiger partial charge in [0.05, 0.1) is 0 Å². The minimum Gasteiger partial charge on any atom is -0.363 e. The van der Waals surface area contributed by atoms with E-state index < -0.39 is 11.6 Å². The zero-order valence-electron chi connectivity index (χ0n) is 9.72. The zero-order valence-corrected chi connectivity index (χ0v) is 10.5. The third-order valence-corrected chi connectivity index (χ3v) is 2.56. The Balaban J connectivity index is 2.37. The molecule has 1 aromatic rings. The van der Waals surface area contributed by atoms with E-state index in [-0.39, 0.29) is 6.54 Å². The molecule has 2 N–H and O–H groups in total. The minimum atomic E-state index is -0.574. The third-order valence-electron chi connectivity index (χ3n) is 2.27. The normalized spacial score (nSPS) is 10.1. The molecule has 1 aromatic carbocycles. The molecule has 0 saturated heterocycles. The van der Waals surface area contributed by atoms with Crippen LogP contribution in [-0.4, -0.2) is 11.7 Å². The lowest BCUT2D eigenvalue weighted by Gasteiger charge is -2.10. The highest BCUT2D eigenvalue weighted by atomic mass is 32.1. The summed E-state index contributed by atoms with van der Waals surface area (Å²) in [6, 6.07) is 3.50. The largest absolute Gasteiger partial charge is 0.363 e. The SMILES string of the molecule is CCCCNC(=S)NCc1ccc(F)cc1F. The fraction of sp³-hybridized carbons (Fsp3) is 0.417. The molecule has 0 fully saturated rings. The van der Waals surface area contributed by atoms with Crippen molar-refractivity contribution >= 4 is 17.3 Å². The van der Waals surface area contributed by atoms with Crippen LogP contribution in [0.3, 0.4) is 0 Å². The van der Waals surface area contributed by atoms with E-state index >= 15 is 0 Å². The molecule has 0 unspecified atom stereocenters. The zero-order chi connectivity index (χ0) is 12.7. The number of hydrogen-bond acceptors (Lipinski definition) is 1. The first-order chi connectivity index (χ1) is 8.13. The van der Waals surface area contributed by atoms with Gasteiger partial charge >= 0.3 is 0 Å². The number of benzene rings is 1. The lowest BCUT2D eigenvalue weighted by Crippen LogP contribution is -2.35. The van der Waals surface area contributed by atoms with Gasteiger partial charge < -0.3 is 10.6 Å². The fourth-order valence-electron chi connectivity index (χ4n) is 1.28. The molecule has 94 valence electrons. The van der Waals surface area contributed by atoms with Crippen molar-refractivity contribution in [3.05, 3.63) is 35.4 Å². The molecule has 0 spiro atoms. The van der Waals surface area contributed by atoms with Crippen LogP contribution in [0.5, 0.6) is 0 Å². The predicted molar refractivity (Wildman–Crippen MR) is 68.7 cm³/mol. The van der Waals surface area contributed by atoms with Gasteiger partial charge in [-0.2, -0.15) is 0 Å². The van der Waals surface area contributed by atoms with Gasteiger partial charge in [0.25, 0.3) is 0 Å². The van der Waals surface area contributed by atoms with Gasteiger partial charge in [0.2, 0.25) is 0 Å². The molecule has 5 heteroatoms. The van der Waals surface area contributed by atoms with E-state index in [1.165, 1.54) is 12.1 Å². The van der Waals surface area contributed by atoms with Crippen LogP contribution in [0.4, 0.5) is 8.78 Å². The molecule has 0 aliphatic heterocycles. The molecular weight excluding hydrogens is 242 g/mol. The average molecular weight is 258 g/mol. The Bertz CT molecular complexity index is 383. The summed E-state index contributed by atoms with van der Waals surface area (Å²) in [5, 5.41) is 6.37. The van der Waals surface area contributed by atoms with Crippen molar-refractivity contribution < 1.29 is 8.78 Å². The van der Waals surface area contributed by atoms with Crippen LogP contribution in [0, 0.1) is 11.6 Å². The second kappa shape index (κ2) is 7.17. The first kappa shape index (κ1) is 13.8. The number of rotatable bonds is 5. The van der Waals surface area contributed by atoms with Crippen molar-refractivity contribution in [2.75, 3.05) is 6.54 Å². The second-order valence-electron chi connectivity index (χ2n) is 3.70. The Morgan fingerprint density at radius 3 is 2.71 bits per heavy atom. The van der Waals surface area contributed by atoms with Gasteiger partial charge in [0.1, 0.15) is 11.6 Å². The van der Waals surface area contributed by atoms with Crippen LogP contribution in [0.15, 0.2) is 18.2 Å². The third kappa shape index (κ3) is 5.08. The van der Waals surface area contributed by atoms with Gasteiger partial charge in [-0.1, -0.05) is 19.4 Å². The Labute approximate surface area is 105 Å². The maximum absolute atomic E-state index is 13.3. The summed E-state index contributed by atoms with van der Waals surface area (Å²) in [5.41, 5.74) is 0.394. The summed E-state index contributed by atoms with van der Waals surface area (Å²) in [6.07, 6.45) is 2.12. The molecule has 0 aliphatic carbocycles. The van der Waals surface area contributed by atoms with Gasteiger partial charge in [-0.05, 0) is 24.7 Å². The van der Waals surface area contributed by atoms with Crippen molar-refractivity contribution in [1.29, 1.82) is 0 Å². The van der Waals surface area contributed by atoms with Gasteiger partial charge in [-0.15, -0.1) is 0 Å². The van der Waals surface area contributed by atoms with Crippen LogP contribution >= 0.6 is 12.2 Å². The number of thiocarbonyl (C=S) groups is 1. The molecule has 0 atom stereocenters. The smallest absolute Gasteiger partial charge is 0.166 e. The first-order valence-corrected chi connectivity index (χ1v) is 6.00. The molecule has 2 nitrogen and oxygen atoms in total. The average Bonchev–Trinajstić information content (AvgIpc) is 2.28. The van der Waals surface area contributed by atoms with E-state index in [2.05, 4.69) is 17.6 Å². The van der Waals surface area contributed by atoms with E-state index in [4.69, 9.17) is 12.2 Å². The summed E-state index contributed by atoms with van der Waals surface area (Å²) in [6.45, 7) is 3.14. The summed E-state index contributed by atoms with van der Waals surface area (Å²) in [5.74, 6) is -1.14. The van der Waals surface area contributed by atoms with Crippen molar-refractivity contribution in [3.8, 4) is 0 Å². The lowest BCUT2D eigenvalue weighted by molar-refractivity contribution is 0.569. The van der Waals surface area contributed by atoms with Gasteiger partial charge in [0.15, 0.2) is 5.11 Å². The fourth-order valence-corrected chi connectivity index (χ4v) is 1.46. The number of halogens is 2. The lowest BCUT2D eigenvalue weighted by atomic mass is 10.2. The molecule has 1 rings (SSSR count). The van der Waals surface area contributed by atoms with Crippen LogP contribution in [-0.2, 0) is 6.54 Å². The van der Waals surface area contributed by atoms with E-state index in [0.717, 1.165) is 25.5 Å². The topological polar surface area (TPSA) is 24.1 Å². The van der Waals surface area contributed by atoms with Crippen LogP contribution in [0.25, 0.3) is 0 Å². The summed E-state index contributed by atoms with van der Waals surface area (Å²) < 4.78 is 25.9. The van der Waals surface area contributed by atoms with Crippen molar-refractivity contribution in [3.63, 3.8) is 0 Å². The Hall–Kier alpha value is -1.23. The molecule has 0 aliphatic rings. The van der Waals surface area contributed by atoms with E-state index in [1.54, 1.807) is 0 Å². The predicted octanol–water partition coefficient (Wildman–Crippen LogP) is 2.73. The van der Waals surface area contributed by atoms with Gasteiger partial charge in [0, 0.05) is 24.7 Å². The molecule has 0 bridgehead atoms. The van der Waals surface area contributed by atoms with Gasteiger partial charge in [-0.3, -0.25) is 0 Å².